The van der Waals surface area contributed by atoms with E-state index in [9.17, 15) is 0 Å². The van der Waals surface area contributed by atoms with Crippen LogP contribution >= 0.6 is 0 Å². The van der Waals surface area contributed by atoms with Gasteiger partial charge in [-0.3, -0.25) is 9.88 Å². The van der Waals surface area contributed by atoms with Crippen LogP contribution in [0.2, 0.25) is 0 Å². The molecule has 31 heavy (non-hydrogen) atoms. The molecule has 5 heteroatoms. The zero-order valence-electron chi connectivity index (χ0n) is 20.8. The van der Waals surface area contributed by atoms with Gasteiger partial charge in [0.1, 0.15) is 0 Å². The fraction of sp³-hybridized carbons (Fsp3) is 0.808. The van der Waals surface area contributed by atoms with Crippen molar-refractivity contribution in [2.24, 2.45) is 11.3 Å². The van der Waals surface area contributed by atoms with Crippen LogP contribution in [0.1, 0.15) is 65.6 Å². The average Bonchev–Trinajstić information content (AvgIpc) is 2.63. The minimum atomic E-state index is -0.0315. The summed E-state index contributed by atoms with van der Waals surface area (Å²) >= 11 is 0. The second-order valence-electron chi connectivity index (χ2n) is 11.8. The van der Waals surface area contributed by atoms with Gasteiger partial charge in [0.05, 0.1) is 24.0 Å². The summed E-state index contributed by atoms with van der Waals surface area (Å²) in [5.41, 5.74) is 2.79. The molecule has 2 fully saturated rings. The van der Waals surface area contributed by atoms with Gasteiger partial charge in [0.2, 0.25) is 0 Å². The molecule has 0 radical (unpaired) electrons. The van der Waals surface area contributed by atoms with E-state index in [1.807, 2.05) is 6.20 Å². The quantitative estimate of drug-likeness (QED) is 0.542. The molecule has 0 N–H and O–H groups in total. The van der Waals surface area contributed by atoms with E-state index in [1.54, 1.807) is 0 Å². The number of piperazine rings is 1. The van der Waals surface area contributed by atoms with Crippen molar-refractivity contribution < 1.29 is 9.47 Å². The summed E-state index contributed by atoms with van der Waals surface area (Å²) in [5, 5.41) is 0. The molecule has 1 saturated heterocycles. The van der Waals surface area contributed by atoms with Gasteiger partial charge in [0.25, 0.3) is 0 Å². The zero-order chi connectivity index (χ0) is 22.5. The maximum atomic E-state index is 6.00. The lowest BCUT2D eigenvalue weighted by atomic mass is 9.82. The van der Waals surface area contributed by atoms with Crippen molar-refractivity contribution in [2.45, 2.75) is 79.1 Å². The Morgan fingerprint density at radius 1 is 0.968 bits per heavy atom. The Bertz CT molecular complexity index is 649. The first-order chi connectivity index (χ1) is 14.6. The highest BCUT2D eigenvalue weighted by Crippen LogP contribution is 2.33. The molecular formula is C26H45N3O2. The van der Waals surface area contributed by atoms with Gasteiger partial charge in [-0.1, -0.05) is 26.8 Å². The number of aromatic nitrogens is 1. The molecule has 0 bridgehead atoms. The summed E-state index contributed by atoms with van der Waals surface area (Å²) in [4.78, 5) is 9.83. The van der Waals surface area contributed by atoms with Gasteiger partial charge in [-0.2, -0.15) is 0 Å². The van der Waals surface area contributed by atoms with E-state index in [1.165, 1.54) is 17.8 Å². The van der Waals surface area contributed by atoms with Gasteiger partial charge in [-0.15, -0.1) is 0 Å². The number of nitrogens with zero attached hydrogens (tertiary/aromatic N) is 3. The molecule has 2 aliphatic rings. The first-order valence-corrected chi connectivity index (χ1v) is 12.2. The normalized spacial score (nSPS) is 23.7. The van der Waals surface area contributed by atoms with Crippen LogP contribution in [-0.2, 0) is 22.4 Å². The summed E-state index contributed by atoms with van der Waals surface area (Å²) in [6.45, 7) is 21.7. The third kappa shape index (κ3) is 9.17. The lowest BCUT2D eigenvalue weighted by Crippen LogP contribution is -2.48. The Labute approximate surface area is 190 Å². The van der Waals surface area contributed by atoms with E-state index in [-0.39, 0.29) is 5.60 Å². The number of hydrogen-bond acceptors (Lipinski definition) is 5. The minimum Gasteiger partial charge on any atom is -0.381 e. The highest BCUT2D eigenvalue weighted by atomic mass is 16.5. The molecule has 1 saturated carbocycles. The van der Waals surface area contributed by atoms with E-state index in [2.05, 4.69) is 63.5 Å². The Hall–Kier alpha value is -1.01. The smallest absolute Gasteiger partial charge is 0.0602 e. The maximum absolute atomic E-state index is 6.00. The lowest BCUT2D eigenvalue weighted by Gasteiger charge is -2.39. The Morgan fingerprint density at radius 3 is 2.23 bits per heavy atom. The molecule has 1 aliphatic heterocycles. The second kappa shape index (κ2) is 10.7. The predicted molar refractivity (Wildman–Crippen MR) is 127 cm³/mol. The molecule has 2 heterocycles. The van der Waals surface area contributed by atoms with Crippen molar-refractivity contribution in [1.82, 2.24) is 14.8 Å². The zero-order valence-corrected chi connectivity index (χ0v) is 20.8. The largest absolute Gasteiger partial charge is 0.381 e. The van der Waals surface area contributed by atoms with Crippen LogP contribution in [-0.4, -0.2) is 72.4 Å². The highest BCUT2D eigenvalue weighted by Gasteiger charge is 2.32. The molecule has 1 aromatic rings. The van der Waals surface area contributed by atoms with Gasteiger partial charge in [0, 0.05) is 52.1 Å². The first kappa shape index (κ1) is 24.6. The number of ether oxygens (including phenoxy) is 2. The molecule has 0 atom stereocenters. The van der Waals surface area contributed by atoms with Crippen LogP contribution < -0.4 is 0 Å². The summed E-state index contributed by atoms with van der Waals surface area (Å²) < 4.78 is 11.9. The standard InChI is InChI=1S/C26H45N3O2/c1-25(2,3)20-29-12-10-28(11-13-29)18-23-8-7-21(17-27-23)9-14-30-19-22-15-24(16-22)31-26(4,5)6/h7-8,17,22,24H,9-16,18-20H2,1-6H3. The van der Waals surface area contributed by atoms with Crippen molar-refractivity contribution in [3.8, 4) is 0 Å². The van der Waals surface area contributed by atoms with Crippen LogP contribution in [0.25, 0.3) is 0 Å². The monoisotopic (exact) mass is 431 g/mol. The molecule has 1 aliphatic carbocycles. The Kier molecular flexibility index (Phi) is 8.53. The third-order valence-corrected chi connectivity index (χ3v) is 6.04. The average molecular weight is 432 g/mol. The molecule has 0 spiro atoms. The van der Waals surface area contributed by atoms with E-state index in [0.29, 0.717) is 17.4 Å². The van der Waals surface area contributed by atoms with Crippen LogP contribution in [0.3, 0.4) is 0 Å². The van der Waals surface area contributed by atoms with Gasteiger partial charge in [-0.25, -0.2) is 0 Å². The molecule has 1 aromatic heterocycles. The Morgan fingerprint density at radius 2 is 1.65 bits per heavy atom. The second-order valence-corrected chi connectivity index (χ2v) is 11.8. The van der Waals surface area contributed by atoms with Gasteiger partial charge >= 0.3 is 0 Å². The van der Waals surface area contributed by atoms with Crippen molar-refractivity contribution in [1.29, 1.82) is 0 Å². The summed E-state index contributed by atoms with van der Waals surface area (Å²) in [6.07, 6.45) is 5.67. The molecule has 5 nitrogen and oxygen atoms in total. The number of hydrogen-bond donors (Lipinski definition) is 0. The van der Waals surface area contributed by atoms with Gasteiger partial charge < -0.3 is 14.4 Å². The SMILES string of the molecule is CC(C)(C)CN1CCN(Cc2ccc(CCOCC3CC(OC(C)(C)C)C3)cn2)CC1. The van der Waals surface area contributed by atoms with Crippen molar-refractivity contribution in [2.75, 3.05) is 45.9 Å². The van der Waals surface area contributed by atoms with Crippen molar-refractivity contribution in [3.63, 3.8) is 0 Å². The van der Waals surface area contributed by atoms with Crippen LogP contribution in [0.15, 0.2) is 18.3 Å². The van der Waals surface area contributed by atoms with E-state index >= 15 is 0 Å². The lowest BCUT2D eigenvalue weighted by molar-refractivity contribution is -0.122. The molecule has 3 rings (SSSR count). The minimum absolute atomic E-state index is 0.0315. The first-order valence-electron chi connectivity index (χ1n) is 12.2. The Balaban J connectivity index is 1.27. The highest BCUT2D eigenvalue weighted by molar-refractivity contribution is 5.14. The van der Waals surface area contributed by atoms with Gasteiger partial charge in [-0.05, 0) is 63.0 Å². The van der Waals surface area contributed by atoms with E-state index in [0.717, 1.165) is 65.2 Å². The fourth-order valence-corrected chi connectivity index (χ4v) is 4.55. The molecule has 0 aromatic carbocycles. The number of pyridine rings is 1. The van der Waals surface area contributed by atoms with E-state index < -0.39 is 0 Å². The van der Waals surface area contributed by atoms with Crippen LogP contribution in [0.5, 0.6) is 0 Å². The van der Waals surface area contributed by atoms with Crippen molar-refractivity contribution >= 4 is 0 Å². The molecule has 0 amide bonds. The molecule has 176 valence electrons. The molecule has 0 unspecified atom stereocenters. The van der Waals surface area contributed by atoms with Crippen LogP contribution in [0.4, 0.5) is 0 Å². The molecular weight excluding hydrogens is 386 g/mol. The summed E-state index contributed by atoms with van der Waals surface area (Å²) in [7, 11) is 0. The van der Waals surface area contributed by atoms with Crippen molar-refractivity contribution in [3.05, 3.63) is 29.6 Å². The third-order valence-electron chi connectivity index (χ3n) is 6.04. The van der Waals surface area contributed by atoms with E-state index in [4.69, 9.17) is 14.5 Å². The number of rotatable bonds is 9. The topological polar surface area (TPSA) is 37.8 Å². The summed E-state index contributed by atoms with van der Waals surface area (Å²) in [5.74, 6) is 0.664. The van der Waals surface area contributed by atoms with Crippen LogP contribution in [0, 0.1) is 11.3 Å². The summed E-state index contributed by atoms with van der Waals surface area (Å²) in [6, 6.07) is 4.41. The fourth-order valence-electron chi connectivity index (χ4n) is 4.55. The maximum Gasteiger partial charge on any atom is 0.0602 e. The predicted octanol–water partition coefficient (Wildman–Crippen LogP) is 4.40. The van der Waals surface area contributed by atoms with Gasteiger partial charge in [0.15, 0.2) is 0 Å².